The Morgan fingerprint density at radius 3 is 2.71 bits per heavy atom. The number of alkyl halides is 3. The molecule has 1 aromatic heterocycles. The maximum absolute atomic E-state index is 12.4. The smallest absolute Gasteiger partial charge is 0.244 e. The van der Waals surface area contributed by atoms with Crippen molar-refractivity contribution in [1.29, 1.82) is 5.26 Å². The summed E-state index contributed by atoms with van der Waals surface area (Å²) in [5.41, 5.74) is 0.491. The molecule has 0 amide bonds. The molecule has 1 aromatic rings. The minimum Gasteiger partial charge on any atom is -0.244 e. The molecule has 14 heavy (non-hydrogen) atoms. The number of hydrogen-bond acceptors (Lipinski definition) is 2. The molecule has 0 fully saturated rings. The average Bonchev–Trinajstić information content (AvgIpc) is 2.16. The topological polar surface area (TPSA) is 36.7 Å². The number of nitriles is 1. The number of halogens is 4. The molecule has 6 heteroatoms. The van der Waals surface area contributed by atoms with Gasteiger partial charge in [-0.1, -0.05) is 15.9 Å². The van der Waals surface area contributed by atoms with Gasteiger partial charge in [0.2, 0.25) is 0 Å². The fraction of sp³-hybridized carbons (Fsp3) is 0.250. The Labute approximate surface area is 102 Å². The molecule has 0 saturated heterocycles. The number of pyridine rings is 1. The van der Waals surface area contributed by atoms with Crippen LogP contribution in [-0.4, -0.2) is 4.98 Å². The Morgan fingerprint density at radius 1 is 1.64 bits per heavy atom. The molecule has 0 aromatic carbocycles. The van der Waals surface area contributed by atoms with Gasteiger partial charge in [-0.05, 0) is 28.7 Å². The molecule has 0 aliphatic carbocycles. The lowest BCUT2D eigenvalue weighted by Crippen LogP contribution is -2.00. The highest BCUT2D eigenvalue weighted by Crippen LogP contribution is 2.25. The standard InChI is InChI=1S/C8H4BrF2IN2/c9-2-6-4(3-13)1-5(7(10)11)8(12)14-6/h1,7H,2H2. The van der Waals surface area contributed by atoms with Crippen LogP contribution in [0.25, 0.3) is 0 Å². The summed E-state index contributed by atoms with van der Waals surface area (Å²) in [7, 11) is 0. The second-order valence-corrected chi connectivity index (χ2v) is 3.99. The molecule has 74 valence electrons. The Hall–Kier alpha value is -0.290. The van der Waals surface area contributed by atoms with E-state index in [0.717, 1.165) is 0 Å². The lowest BCUT2D eigenvalue weighted by atomic mass is 10.1. The van der Waals surface area contributed by atoms with Crippen LogP contribution < -0.4 is 0 Å². The number of rotatable bonds is 2. The minimum atomic E-state index is -2.59. The molecule has 0 radical (unpaired) electrons. The highest BCUT2D eigenvalue weighted by atomic mass is 127. The maximum atomic E-state index is 12.4. The first kappa shape index (κ1) is 11.8. The van der Waals surface area contributed by atoms with Gasteiger partial charge >= 0.3 is 0 Å². The van der Waals surface area contributed by atoms with Crippen molar-refractivity contribution in [2.45, 2.75) is 11.8 Å². The van der Waals surface area contributed by atoms with Crippen molar-refractivity contribution in [3.63, 3.8) is 0 Å². The zero-order chi connectivity index (χ0) is 10.7. The van der Waals surface area contributed by atoms with Crippen molar-refractivity contribution >= 4 is 38.5 Å². The fourth-order valence-electron chi connectivity index (χ4n) is 0.893. The largest absolute Gasteiger partial charge is 0.266 e. The molecule has 0 atom stereocenters. The van der Waals surface area contributed by atoms with Gasteiger partial charge < -0.3 is 0 Å². The van der Waals surface area contributed by atoms with Crippen LogP contribution >= 0.6 is 38.5 Å². The lowest BCUT2D eigenvalue weighted by Gasteiger charge is -2.05. The Balaban J connectivity index is 3.32. The normalized spacial score (nSPS) is 10.3. The molecule has 1 heterocycles. The molecular weight excluding hydrogens is 369 g/mol. The van der Waals surface area contributed by atoms with Gasteiger partial charge in [0.1, 0.15) is 9.77 Å². The van der Waals surface area contributed by atoms with E-state index in [1.807, 2.05) is 6.07 Å². The summed E-state index contributed by atoms with van der Waals surface area (Å²) < 4.78 is 25.1. The first-order chi connectivity index (χ1) is 6.60. The zero-order valence-corrected chi connectivity index (χ0v) is 10.5. The van der Waals surface area contributed by atoms with E-state index < -0.39 is 6.43 Å². The van der Waals surface area contributed by atoms with E-state index in [4.69, 9.17) is 5.26 Å². The van der Waals surface area contributed by atoms with E-state index >= 15 is 0 Å². The molecule has 0 aliphatic rings. The van der Waals surface area contributed by atoms with Crippen LogP contribution in [0.1, 0.15) is 23.2 Å². The van der Waals surface area contributed by atoms with Crippen molar-refractivity contribution in [1.82, 2.24) is 4.98 Å². The zero-order valence-electron chi connectivity index (χ0n) is 6.77. The van der Waals surface area contributed by atoms with Gasteiger partial charge in [0.25, 0.3) is 6.43 Å². The van der Waals surface area contributed by atoms with Gasteiger partial charge in [-0.3, -0.25) is 0 Å². The van der Waals surface area contributed by atoms with Gasteiger partial charge in [-0.2, -0.15) is 5.26 Å². The van der Waals surface area contributed by atoms with Crippen molar-refractivity contribution in [2.24, 2.45) is 0 Å². The van der Waals surface area contributed by atoms with Gasteiger partial charge in [-0.25, -0.2) is 13.8 Å². The van der Waals surface area contributed by atoms with E-state index in [-0.39, 0.29) is 14.8 Å². The van der Waals surface area contributed by atoms with Crippen molar-refractivity contribution in [3.05, 3.63) is 26.6 Å². The second kappa shape index (κ2) is 4.98. The minimum absolute atomic E-state index is 0.188. The lowest BCUT2D eigenvalue weighted by molar-refractivity contribution is 0.150. The third-order valence-corrected chi connectivity index (χ3v) is 2.96. The predicted molar refractivity (Wildman–Crippen MR) is 59.3 cm³/mol. The molecule has 0 spiro atoms. The van der Waals surface area contributed by atoms with Crippen molar-refractivity contribution in [2.75, 3.05) is 0 Å². The van der Waals surface area contributed by atoms with Gasteiger partial charge in [0, 0.05) is 5.33 Å². The number of nitrogens with zero attached hydrogens (tertiary/aromatic N) is 2. The molecule has 1 rings (SSSR count). The molecule has 2 nitrogen and oxygen atoms in total. The SMILES string of the molecule is N#Cc1cc(C(F)F)c(I)nc1CBr. The Kier molecular flexibility index (Phi) is 4.19. The number of aromatic nitrogens is 1. The van der Waals surface area contributed by atoms with Crippen LogP contribution in [0.5, 0.6) is 0 Å². The van der Waals surface area contributed by atoms with E-state index in [1.54, 1.807) is 22.6 Å². The third kappa shape index (κ3) is 2.39. The monoisotopic (exact) mass is 372 g/mol. The first-order valence-corrected chi connectivity index (χ1v) is 5.73. The van der Waals surface area contributed by atoms with Crippen LogP contribution in [0, 0.1) is 15.0 Å². The van der Waals surface area contributed by atoms with Gasteiger partial charge in [0.15, 0.2) is 0 Å². The molecule has 0 aliphatic heterocycles. The molecule has 0 N–H and O–H groups in total. The van der Waals surface area contributed by atoms with Gasteiger partial charge in [-0.15, -0.1) is 0 Å². The summed E-state index contributed by atoms with van der Waals surface area (Å²) in [5.74, 6) is 0. The van der Waals surface area contributed by atoms with Crippen LogP contribution in [0.3, 0.4) is 0 Å². The van der Waals surface area contributed by atoms with Crippen LogP contribution in [0.15, 0.2) is 6.07 Å². The third-order valence-electron chi connectivity index (χ3n) is 1.56. The quantitative estimate of drug-likeness (QED) is 0.453. The highest BCUT2D eigenvalue weighted by molar-refractivity contribution is 14.1. The fourth-order valence-corrected chi connectivity index (χ4v) is 2.00. The van der Waals surface area contributed by atoms with Crippen molar-refractivity contribution < 1.29 is 8.78 Å². The van der Waals surface area contributed by atoms with E-state index in [9.17, 15) is 8.78 Å². The summed E-state index contributed by atoms with van der Waals surface area (Å²) in [6.07, 6.45) is -2.59. The van der Waals surface area contributed by atoms with Gasteiger partial charge in [0.05, 0.1) is 16.8 Å². The predicted octanol–water partition coefficient (Wildman–Crippen LogP) is 3.39. The maximum Gasteiger partial charge on any atom is 0.266 e. The van der Waals surface area contributed by atoms with E-state index in [0.29, 0.717) is 11.0 Å². The molecule has 0 unspecified atom stereocenters. The number of hydrogen-bond donors (Lipinski definition) is 0. The molecule has 0 saturated carbocycles. The summed E-state index contributed by atoms with van der Waals surface area (Å²) >= 11 is 4.88. The average molecular weight is 373 g/mol. The van der Waals surface area contributed by atoms with E-state index in [2.05, 4.69) is 20.9 Å². The van der Waals surface area contributed by atoms with Crippen molar-refractivity contribution in [3.8, 4) is 6.07 Å². The highest BCUT2D eigenvalue weighted by Gasteiger charge is 2.16. The molecule has 0 bridgehead atoms. The van der Waals surface area contributed by atoms with Crippen LogP contribution in [-0.2, 0) is 5.33 Å². The summed E-state index contributed by atoms with van der Waals surface area (Å²) in [6, 6.07) is 3.03. The summed E-state index contributed by atoms with van der Waals surface area (Å²) in [4.78, 5) is 3.92. The summed E-state index contributed by atoms with van der Waals surface area (Å²) in [6.45, 7) is 0. The molecular formula is C8H4BrF2IN2. The van der Waals surface area contributed by atoms with Crippen LogP contribution in [0.4, 0.5) is 8.78 Å². The Morgan fingerprint density at radius 2 is 2.29 bits per heavy atom. The first-order valence-electron chi connectivity index (χ1n) is 3.53. The summed E-state index contributed by atoms with van der Waals surface area (Å²) in [5, 5.41) is 9.07. The Bertz CT molecular complexity index is 390. The van der Waals surface area contributed by atoms with E-state index in [1.165, 1.54) is 6.07 Å². The second-order valence-electron chi connectivity index (χ2n) is 2.41. The van der Waals surface area contributed by atoms with Crippen LogP contribution in [0.2, 0.25) is 0 Å².